The highest BCUT2D eigenvalue weighted by molar-refractivity contribution is 7.91. The Morgan fingerprint density at radius 2 is 1.78 bits per heavy atom. The van der Waals surface area contributed by atoms with E-state index >= 15 is 0 Å². The van der Waals surface area contributed by atoms with Gasteiger partial charge in [-0.2, -0.15) is 18.3 Å². The molecule has 124 valence electrons. The maximum atomic E-state index is 12.6. The first kappa shape index (κ1) is 17.6. The lowest BCUT2D eigenvalue weighted by atomic mass is 10.2. The normalized spacial score (nSPS) is 14.4. The summed E-state index contributed by atoms with van der Waals surface area (Å²) in [7, 11) is 0. The number of hydrogen-bond acceptors (Lipinski definition) is 3. The van der Waals surface area contributed by atoms with Crippen molar-refractivity contribution in [2.45, 2.75) is 31.7 Å². The average molecular weight is 343 g/mol. The van der Waals surface area contributed by atoms with Gasteiger partial charge in [-0.15, -0.1) is 0 Å². The summed E-state index contributed by atoms with van der Waals surface area (Å²) in [6.45, 7) is 5.46. The van der Waals surface area contributed by atoms with Crippen molar-refractivity contribution in [2.24, 2.45) is 4.40 Å². The first-order valence-corrected chi connectivity index (χ1v) is 7.86. The van der Waals surface area contributed by atoms with Gasteiger partial charge in [0.2, 0.25) is 0 Å². The largest absolute Gasteiger partial charge is 0.591 e. The zero-order valence-electron chi connectivity index (χ0n) is 12.8. The zero-order valence-corrected chi connectivity index (χ0v) is 13.6. The predicted octanol–water partition coefficient (Wildman–Crippen LogP) is 3.77. The Morgan fingerprint density at radius 3 is 2.26 bits per heavy atom. The molecule has 0 saturated carbocycles. The van der Waals surface area contributed by atoms with E-state index in [0.29, 0.717) is 11.3 Å². The van der Waals surface area contributed by atoms with Crippen LogP contribution in [-0.2, 0) is 17.5 Å². The maximum absolute atomic E-state index is 12.6. The molecule has 0 fully saturated rings. The van der Waals surface area contributed by atoms with Crippen LogP contribution in [-0.4, -0.2) is 25.3 Å². The fourth-order valence-electron chi connectivity index (χ4n) is 1.59. The molecule has 2 aromatic rings. The highest BCUT2D eigenvalue weighted by Gasteiger charge is 2.32. The number of alkyl halides is 3. The van der Waals surface area contributed by atoms with Gasteiger partial charge in [-0.1, -0.05) is 16.5 Å². The molecule has 0 bridgehead atoms. The van der Waals surface area contributed by atoms with Gasteiger partial charge in [0.15, 0.2) is 0 Å². The Bertz CT molecular complexity index is 687. The van der Waals surface area contributed by atoms with Gasteiger partial charge in [0.25, 0.3) is 0 Å². The zero-order chi connectivity index (χ0) is 17.3. The number of aromatic nitrogens is 2. The molecule has 0 aliphatic carbocycles. The van der Waals surface area contributed by atoms with E-state index in [4.69, 9.17) is 0 Å². The van der Waals surface area contributed by atoms with Crippen LogP contribution in [0.25, 0.3) is 5.69 Å². The molecule has 0 aliphatic rings. The van der Waals surface area contributed by atoms with Crippen LogP contribution in [0.2, 0.25) is 0 Å². The van der Waals surface area contributed by atoms with Crippen LogP contribution in [0.4, 0.5) is 13.2 Å². The molecule has 0 aliphatic heterocycles. The lowest BCUT2D eigenvalue weighted by molar-refractivity contribution is -0.137. The average Bonchev–Trinajstić information content (AvgIpc) is 2.94. The molecule has 0 saturated heterocycles. The van der Waals surface area contributed by atoms with Gasteiger partial charge in [-0.25, -0.2) is 4.68 Å². The van der Waals surface area contributed by atoms with Gasteiger partial charge in [0.05, 0.1) is 23.7 Å². The summed E-state index contributed by atoms with van der Waals surface area (Å²) in [5.74, 6) is 0. The molecule has 1 unspecified atom stereocenters. The van der Waals surface area contributed by atoms with Crippen molar-refractivity contribution < 1.29 is 17.7 Å². The highest BCUT2D eigenvalue weighted by atomic mass is 32.2. The Morgan fingerprint density at radius 1 is 1.17 bits per heavy atom. The summed E-state index contributed by atoms with van der Waals surface area (Å²) in [6, 6.07) is 6.59. The monoisotopic (exact) mass is 343 g/mol. The Kier molecular flexibility index (Phi) is 4.86. The van der Waals surface area contributed by atoms with Crippen LogP contribution in [0.5, 0.6) is 0 Å². The predicted molar refractivity (Wildman–Crippen MR) is 84.1 cm³/mol. The van der Waals surface area contributed by atoms with Crippen molar-refractivity contribution in [1.82, 2.24) is 9.78 Å². The fraction of sp³-hybridized carbons (Fsp3) is 0.333. The molecule has 1 atom stereocenters. The molecule has 23 heavy (non-hydrogen) atoms. The van der Waals surface area contributed by atoms with Crippen molar-refractivity contribution in [1.29, 1.82) is 0 Å². The van der Waals surface area contributed by atoms with Crippen LogP contribution < -0.4 is 0 Å². The number of halogens is 3. The minimum Gasteiger partial charge on any atom is -0.591 e. The van der Waals surface area contributed by atoms with Gasteiger partial charge < -0.3 is 4.55 Å². The van der Waals surface area contributed by atoms with E-state index in [0.717, 1.165) is 17.1 Å². The van der Waals surface area contributed by atoms with Gasteiger partial charge in [-0.05, 0) is 38.5 Å². The van der Waals surface area contributed by atoms with Gasteiger partial charge in [0.1, 0.15) is 16.1 Å². The smallest absolute Gasteiger partial charge is 0.419 e. The molecular weight excluding hydrogens is 327 g/mol. The molecule has 2 rings (SSSR count). The Hall–Kier alpha value is -1.80. The molecular formula is C15H16F3N3OS. The minimum atomic E-state index is -4.41. The van der Waals surface area contributed by atoms with E-state index in [1.54, 1.807) is 24.3 Å². The maximum Gasteiger partial charge on any atom is 0.419 e. The van der Waals surface area contributed by atoms with E-state index in [1.807, 2.05) is 20.8 Å². The second kappa shape index (κ2) is 6.37. The Labute approximate surface area is 135 Å². The first-order chi connectivity index (χ1) is 10.6. The van der Waals surface area contributed by atoms with Crippen molar-refractivity contribution in [3.63, 3.8) is 0 Å². The number of hydrogen-bond donors (Lipinski definition) is 0. The van der Waals surface area contributed by atoms with Gasteiger partial charge in [-0.3, -0.25) is 0 Å². The van der Waals surface area contributed by atoms with Gasteiger partial charge >= 0.3 is 6.18 Å². The SMILES string of the molecule is CC(C)(C)[S+]([O-])N=Cc1ccc(-n2cc(C(F)(F)F)cn2)cc1. The van der Waals surface area contributed by atoms with Crippen LogP contribution in [0.3, 0.4) is 0 Å². The molecule has 0 N–H and O–H groups in total. The summed E-state index contributed by atoms with van der Waals surface area (Å²) in [5, 5.41) is 3.70. The molecule has 1 heterocycles. The van der Waals surface area contributed by atoms with Gasteiger partial charge in [0, 0.05) is 6.20 Å². The lowest BCUT2D eigenvalue weighted by Gasteiger charge is -2.17. The lowest BCUT2D eigenvalue weighted by Crippen LogP contribution is -2.25. The summed E-state index contributed by atoms with van der Waals surface area (Å²) in [6.07, 6.45) is -1.23. The summed E-state index contributed by atoms with van der Waals surface area (Å²) in [4.78, 5) is 0. The third-order valence-corrected chi connectivity index (χ3v) is 4.23. The van der Waals surface area contributed by atoms with Crippen molar-refractivity contribution >= 4 is 17.6 Å². The number of rotatable bonds is 3. The summed E-state index contributed by atoms with van der Waals surface area (Å²) < 4.78 is 54.2. The second-order valence-electron chi connectivity index (χ2n) is 5.86. The quantitative estimate of drug-likeness (QED) is 0.629. The molecule has 0 spiro atoms. The Balaban J connectivity index is 2.14. The van der Waals surface area contributed by atoms with Crippen LogP contribution in [0, 0.1) is 0 Å². The van der Waals surface area contributed by atoms with E-state index in [2.05, 4.69) is 9.50 Å². The number of nitrogens with zero attached hydrogens (tertiary/aromatic N) is 3. The fourth-order valence-corrected chi connectivity index (χ4v) is 2.12. The van der Waals surface area contributed by atoms with E-state index in [-0.39, 0.29) is 0 Å². The van der Waals surface area contributed by atoms with Crippen LogP contribution in [0.15, 0.2) is 41.1 Å². The molecule has 4 nitrogen and oxygen atoms in total. The third-order valence-electron chi connectivity index (χ3n) is 2.89. The van der Waals surface area contributed by atoms with Crippen LogP contribution >= 0.6 is 0 Å². The van der Waals surface area contributed by atoms with E-state index in [9.17, 15) is 17.7 Å². The molecule has 1 aromatic heterocycles. The van der Waals surface area contributed by atoms with Crippen molar-refractivity contribution in [3.05, 3.63) is 47.8 Å². The summed E-state index contributed by atoms with van der Waals surface area (Å²) in [5.41, 5.74) is 0.396. The second-order valence-corrected chi connectivity index (χ2v) is 7.79. The third kappa shape index (κ3) is 4.59. The minimum absolute atomic E-state index is 0.445. The molecule has 0 amide bonds. The highest BCUT2D eigenvalue weighted by Crippen LogP contribution is 2.29. The van der Waals surface area contributed by atoms with E-state index < -0.39 is 27.8 Å². The van der Waals surface area contributed by atoms with Crippen molar-refractivity contribution in [2.75, 3.05) is 0 Å². The van der Waals surface area contributed by atoms with Crippen molar-refractivity contribution in [3.8, 4) is 5.69 Å². The van der Waals surface area contributed by atoms with Crippen LogP contribution in [0.1, 0.15) is 31.9 Å². The molecule has 8 heteroatoms. The van der Waals surface area contributed by atoms with E-state index in [1.165, 1.54) is 6.21 Å². The first-order valence-electron chi connectivity index (χ1n) is 6.76. The summed E-state index contributed by atoms with van der Waals surface area (Å²) >= 11 is -1.36. The number of benzene rings is 1. The topological polar surface area (TPSA) is 53.2 Å². The molecule has 1 aromatic carbocycles. The standard InChI is InChI=1S/C15H16F3N3OS/c1-14(2,3)23(22)20-8-11-4-6-13(7-5-11)21-10-12(9-19-21)15(16,17)18/h4-10H,1-3H3. The molecule has 0 radical (unpaired) electrons.